The highest BCUT2D eigenvalue weighted by atomic mass is 35.5. The van der Waals surface area contributed by atoms with Crippen LogP contribution in [0.1, 0.15) is 0 Å². The molecular weight excluding hydrogens is 422 g/mol. The minimum absolute atomic E-state index is 0.131. The van der Waals surface area contributed by atoms with Gasteiger partial charge >= 0.3 is 0 Å². The summed E-state index contributed by atoms with van der Waals surface area (Å²) in [6.07, 6.45) is 0. The van der Waals surface area contributed by atoms with Gasteiger partial charge in [0.1, 0.15) is 11.5 Å². The zero-order valence-electron chi connectivity index (χ0n) is 15.6. The monoisotopic (exact) mass is 437 g/mol. The first-order valence-corrected chi connectivity index (χ1v) is 10.4. The third-order valence-electron chi connectivity index (χ3n) is 3.92. The van der Waals surface area contributed by atoms with Crippen molar-refractivity contribution in [2.24, 2.45) is 0 Å². The second-order valence-corrected chi connectivity index (χ2v) is 7.52. The number of carbonyl (C=O) groups excluding carboxylic acids is 1. The molecule has 1 N–H and O–H groups in total. The molecule has 1 amide bonds. The summed E-state index contributed by atoms with van der Waals surface area (Å²) in [5.41, 5.74) is 1.40. The molecule has 0 unspecified atom stereocenters. The summed E-state index contributed by atoms with van der Waals surface area (Å²) in [6.45, 7) is 0. The lowest BCUT2D eigenvalue weighted by molar-refractivity contribution is -0.113. The number of hydrogen-bond donors (Lipinski definition) is 1. The summed E-state index contributed by atoms with van der Waals surface area (Å²) in [6, 6.07) is 23.7. The summed E-state index contributed by atoms with van der Waals surface area (Å²) in [5, 5.41) is 11.8. The van der Waals surface area contributed by atoms with E-state index in [0.29, 0.717) is 27.6 Å². The molecule has 0 saturated carbocycles. The fraction of sp³-hybridized carbons (Fsp3) is 0.0455. The van der Waals surface area contributed by atoms with Gasteiger partial charge in [-0.3, -0.25) is 4.79 Å². The first kappa shape index (κ1) is 20.0. The maximum absolute atomic E-state index is 12.3. The highest BCUT2D eigenvalue weighted by Crippen LogP contribution is 2.26. The number of thioether (sulfide) groups is 1. The standard InChI is InChI=1S/C22H16ClN3O3S/c23-16-11-9-15(10-12-16)21-25-26-22(29-21)30-14-20(27)24-17-5-4-8-19(13-17)28-18-6-2-1-3-7-18/h1-13H,14H2,(H,24,27). The lowest BCUT2D eigenvalue weighted by atomic mass is 10.2. The molecule has 3 aromatic carbocycles. The van der Waals surface area contributed by atoms with Gasteiger partial charge in [0, 0.05) is 22.3 Å². The summed E-state index contributed by atoms with van der Waals surface area (Å²) in [4.78, 5) is 12.3. The van der Waals surface area contributed by atoms with Crippen LogP contribution >= 0.6 is 23.4 Å². The number of para-hydroxylation sites is 1. The average molecular weight is 438 g/mol. The average Bonchev–Trinajstić information content (AvgIpc) is 3.23. The quantitative estimate of drug-likeness (QED) is 0.362. The van der Waals surface area contributed by atoms with Crippen LogP contribution in [0.4, 0.5) is 5.69 Å². The van der Waals surface area contributed by atoms with Crippen LogP contribution in [-0.2, 0) is 4.79 Å². The van der Waals surface area contributed by atoms with Crippen molar-refractivity contribution in [1.82, 2.24) is 10.2 Å². The Bertz CT molecular complexity index is 1130. The van der Waals surface area contributed by atoms with Gasteiger partial charge in [0.2, 0.25) is 11.8 Å². The van der Waals surface area contributed by atoms with Crippen LogP contribution in [0.15, 0.2) is 88.5 Å². The molecule has 0 fully saturated rings. The number of nitrogens with one attached hydrogen (secondary N) is 1. The second-order valence-electron chi connectivity index (χ2n) is 6.16. The number of benzene rings is 3. The molecule has 6 nitrogen and oxygen atoms in total. The molecular formula is C22H16ClN3O3S. The lowest BCUT2D eigenvalue weighted by Gasteiger charge is -2.08. The predicted molar refractivity (Wildman–Crippen MR) is 117 cm³/mol. The topological polar surface area (TPSA) is 77.2 Å². The van der Waals surface area contributed by atoms with E-state index in [9.17, 15) is 4.79 Å². The minimum Gasteiger partial charge on any atom is -0.457 e. The second kappa shape index (κ2) is 9.47. The summed E-state index contributed by atoms with van der Waals surface area (Å²) in [5.74, 6) is 1.68. The van der Waals surface area contributed by atoms with Crippen LogP contribution in [0.2, 0.25) is 5.02 Å². The van der Waals surface area contributed by atoms with Crippen LogP contribution in [0, 0.1) is 0 Å². The van der Waals surface area contributed by atoms with Crippen molar-refractivity contribution < 1.29 is 13.9 Å². The van der Waals surface area contributed by atoms with E-state index in [1.165, 1.54) is 0 Å². The van der Waals surface area contributed by atoms with Crippen LogP contribution in [0.25, 0.3) is 11.5 Å². The zero-order chi connectivity index (χ0) is 20.8. The Labute approximate surface area is 182 Å². The van der Waals surface area contributed by atoms with Crippen molar-refractivity contribution in [1.29, 1.82) is 0 Å². The fourth-order valence-corrected chi connectivity index (χ4v) is 3.25. The number of ether oxygens (including phenoxy) is 1. The number of halogens is 1. The smallest absolute Gasteiger partial charge is 0.277 e. The Morgan fingerprint density at radius 2 is 1.73 bits per heavy atom. The molecule has 4 rings (SSSR count). The van der Waals surface area contributed by atoms with Gasteiger partial charge in [0.25, 0.3) is 5.22 Å². The van der Waals surface area contributed by atoms with Crippen LogP contribution < -0.4 is 10.1 Å². The molecule has 0 aliphatic heterocycles. The number of hydrogen-bond acceptors (Lipinski definition) is 6. The maximum atomic E-state index is 12.3. The van der Waals surface area contributed by atoms with Gasteiger partial charge in [-0.15, -0.1) is 10.2 Å². The van der Waals surface area contributed by atoms with Crippen LogP contribution in [-0.4, -0.2) is 21.9 Å². The summed E-state index contributed by atoms with van der Waals surface area (Å²) in [7, 11) is 0. The van der Waals surface area contributed by atoms with Crippen molar-refractivity contribution in [2.75, 3.05) is 11.1 Å². The van der Waals surface area contributed by atoms with E-state index in [1.54, 1.807) is 36.4 Å². The number of amides is 1. The zero-order valence-corrected chi connectivity index (χ0v) is 17.2. The Morgan fingerprint density at radius 1 is 0.967 bits per heavy atom. The minimum atomic E-state index is -0.192. The molecule has 1 heterocycles. The van der Waals surface area contributed by atoms with Gasteiger partial charge in [-0.2, -0.15) is 0 Å². The molecule has 0 atom stereocenters. The van der Waals surface area contributed by atoms with Crippen molar-refractivity contribution in [3.05, 3.63) is 83.9 Å². The third kappa shape index (κ3) is 5.40. The van der Waals surface area contributed by atoms with E-state index < -0.39 is 0 Å². The van der Waals surface area contributed by atoms with E-state index in [-0.39, 0.29) is 11.7 Å². The van der Waals surface area contributed by atoms with Crippen molar-refractivity contribution >= 4 is 35.0 Å². The Morgan fingerprint density at radius 3 is 2.53 bits per heavy atom. The molecule has 150 valence electrons. The molecule has 0 spiro atoms. The van der Waals surface area contributed by atoms with Gasteiger partial charge in [0.05, 0.1) is 5.75 Å². The number of carbonyl (C=O) groups is 1. The first-order chi connectivity index (χ1) is 14.7. The molecule has 0 radical (unpaired) electrons. The van der Waals surface area contributed by atoms with E-state index >= 15 is 0 Å². The van der Waals surface area contributed by atoms with Crippen LogP contribution in [0.3, 0.4) is 0 Å². The van der Waals surface area contributed by atoms with E-state index in [0.717, 1.165) is 23.1 Å². The number of aromatic nitrogens is 2. The van der Waals surface area contributed by atoms with E-state index in [2.05, 4.69) is 15.5 Å². The molecule has 8 heteroatoms. The largest absolute Gasteiger partial charge is 0.457 e. The van der Waals surface area contributed by atoms with E-state index in [1.807, 2.05) is 42.5 Å². The van der Waals surface area contributed by atoms with Crippen molar-refractivity contribution in [2.45, 2.75) is 5.22 Å². The SMILES string of the molecule is O=C(CSc1nnc(-c2ccc(Cl)cc2)o1)Nc1cccc(Oc2ccccc2)c1. The highest BCUT2D eigenvalue weighted by Gasteiger charge is 2.12. The fourth-order valence-electron chi connectivity index (χ4n) is 2.56. The summed E-state index contributed by atoms with van der Waals surface area (Å²) < 4.78 is 11.4. The Hall–Kier alpha value is -3.29. The lowest BCUT2D eigenvalue weighted by Crippen LogP contribution is -2.13. The molecule has 0 aliphatic rings. The van der Waals surface area contributed by atoms with Gasteiger partial charge in [-0.1, -0.05) is 47.6 Å². The van der Waals surface area contributed by atoms with Crippen molar-refractivity contribution in [3.63, 3.8) is 0 Å². The van der Waals surface area contributed by atoms with Crippen molar-refractivity contribution in [3.8, 4) is 23.0 Å². The summed E-state index contributed by atoms with van der Waals surface area (Å²) >= 11 is 7.05. The van der Waals surface area contributed by atoms with E-state index in [4.69, 9.17) is 20.8 Å². The van der Waals surface area contributed by atoms with Gasteiger partial charge in [-0.05, 0) is 48.5 Å². The number of nitrogens with zero attached hydrogens (tertiary/aromatic N) is 2. The van der Waals surface area contributed by atoms with Gasteiger partial charge in [-0.25, -0.2) is 0 Å². The molecule has 0 aliphatic carbocycles. The molecule has 30 heavy (non-hydrogen) atoms. The molecule has 0 bridgehead atoms. The van der Waals surface area contributed by atoms with Gasteiger partial charge in [0.15, 0.2) is 0 Å². The number of anilines is 1. The number of rotatable bonds is 7. The van der Waals surface area contributed by atoms with Crippen LogP contribution in [0.5, 0.6) is 11.5 Å². The third-order valence-corrected chi connectivity index (χ3v) is 4.99. The predicted octanol–water partition coefficient (Wildman–Crippen LogP) is 5.91. The molecule has 0 saturated heterocycles. The Kier molecular flexibility index (Phi) is 6.32. The normalized spacial score (nSPS) is 10.6. The maximum Gasteiger partial charge on any atom is 0.277 e. The molecule has 4 aromatic rings. The van der Waals surface area contributed by atoms with Gasteiger partial charge < -0.3 is 14.5 Å². The Balaban J connectivity index is 1.32. The molecule has 1 aromatic heterocycles. The first-order valence-electron chi connectivity index (χ1n) is 9.01. The highest BCUT2D eigenvalue weighted by molar-refractivity contribution is 7.99.